The van der Waals surface area contributed by atoms with Gasteiger partial charge in [-0.2, -0.15) is 10.4 Å². The molecule has 2 heterocycles. The van der Waals surface area contributed by atoms with Crippen LogP contribution in [0.4, 0.5) is 0 Å². The van der Waals surface area contributed by atoms with Crippen LogP contribution >= 0.6 is 0 Å². The number of H-pyrrole nitrogens is 1. The van der Waals surface area contributed by atoms with Crippen LogP contribution in [0.15, 0.2) is 12.4 Å². The Balaban J connectivity index is 2.05. The fourth-order valence-corrected chi connectivity index (χ4v) is 1.46. The third kappa shape index (κ3) is 1.97. The lowest BCUT2D eigenvalue weighted by atomic mass is 10.2. The number of hydrogen-bond acceptors (Lipinski definition) is 4. The van der Waals surface area contributed by atoms with Gasteiger partial charge in [-0.25, -0.2) is 0 Å². The molecule has 1 unspecified atom stereocenters. The summed E-state index contributed by atoms with van der Waals surface area (Å²) < 4.78 is 5.15. The van der Waals surface area contributed by atoms with Crippen LogP contribution in [0.25, 0.3) is 0 Å². The fraction of sp³-hybridized carbons (Fsp3) is 0.444. The van der Waals surface area contributed by atoms with Crippen molar-refractivity contribution in [2.75, 3.05) is 19.7 Å². The van der Waals surface area contributed by atoms with E-state index in [1.807, 2.05) is 6.07 Å². The van der Waals surface area contributed by atoms with E-state index in [-0.39, 0.29) is 5.91 Å². The highest BCUT2D eigenvalue weighted by Crippen LogP contribution is 2.08. The molecule has 0 bridgehead atoms. The molecule has 1 aliphatic heterocycles. The van der Waals surface area contributed by atoms with Crippen LogP contribution in [0.2, 0.25) is 0 Å². The number of carbonyl (C=O) groups is 1. The van der Waals surface area contributed by atoms with Crippen LogP contribution < -0.4 is 0 Å². The smallest absolute Gasteiger partial charge is 0.257 e. The van der Waals surface area contributed by atoms with Crippen molar-refractivity contribution in [3.8, 4) is 6.07 Å². The zero-order valence-electron chi connectivity index (χ0n) is 8.01. The van der Waals surface area contributed by atoms with Crippen molar-refractivity contribution in [3.63, 3.8) is 0 Å². The van der Waals surface area contributed by atoms with Crippen LogP contribution in [0, 0.1) is 11.3 Å². The summed E-state index contributed by atoms with van der Waals surface area (Å²) in [6.07, 6.45) is 2.49. The molecule has 0 aliphatic carbocycles. The minimum absolute atomic E-state index is 0.118. The van der Waals surface area contributed by atoms with Crippen molar-refractivity contribution < 1.29 is 9.53 Å². The van der Waals surface area contributed by atoms with E-state index in [1.54, 1.807) is 11.1 Å². The van der Waals surface area contributed by atoms with Gasteiger partial charge in [-0.05, 0) is 0 Å². The number of aromatic amines is 1. The summed E-state index contributed by atoms with van der Waals surface area (Å²) in [7, 11) is 0. The van der Waals surface area contributed by atoms with Crippen molar-refractivity contribution in [3.05, 3.63) is 18.0 Å². The van der Waals surface area contributed by atoms with E-state index in [2.05, 4.69) is 10.2 Å². The summed E-state index contributed by atoms with van der Waals surface area (Å²) in [4.78, 5) is 13.4. The number of aromatic nitrogens is 2. The molecule has 0 spiro atoms. The maximum Gasteiger partial charge on any atom is 0.257 e. The van der Waals surface area contributed by atoms with Gasteiger partial charge in [0.2, 0.25) is 0 Å². The van der Waals surface area contributed by atoms with E-state index < -0.39 is 6.10 Å². The number of ether oxygens (including phenoxy) is 1. The third-order valence-corrected chi connectivity index (χ3v) is 2.24. The van der Waals surface area contributed by atoms with Crippen molar-refractivity contribution in [2.45, 2.75) is 6.10 Å². The van der Waals surface area contributed by atoms with Gasteiger partial charge in [0, 0.05) is 12.7 Å². The Labute approximate surface area is 86.4 Å². The number of rotatable bonds is 1. The summed E-state index contributed by atoms with van der Waals surface area (Å²) >= 11 is 0. The molecule has 1 saturated heterocycles. The van der Waals surface area contributed by atoms with Gasteiger partial charge in [-0.3, -0.25) is 9.89 Å². The van der Waals surface area contributed by atoms with Crippen molar-refractivity contribution in [2.24, 2.45) is 0 Å². The highest BCUT2D eigenvalue weighted by Gasteiger charge is 2.24. The molecular formula is C9H10N4O2. The van der Waals surface area contributed by atoms with Crippen molar-refractivity contribution >= 4 is 5.91 Å². The monoisotopic (exact) mass is 206 g/mol. The molecule has 6 heteroatoms. The first-order valence-electron chi connectivity index (χ1n) is 4.60. The molecule has 1 N–H and O–H groups in total. The number of amides is 1. The first kappa shape index (κ1) is 9.68. The Bertz CT molecular complexity index is 381. The Morgan fingerprint density at radius 2 is 2.67 bits per heavy atom. The average molecular weight is 206 g/mol. The molecule has 6 nitrogen and oxygen atoms in total. The van der Waals surface area contributed by atoms with Gasteiger partial charge < -0.3 is 9.64 Å². The topological polar surface area (TPSA) is 82.0 Å². The molecule has 0 saturated carbocycles. The molecule has 0 radical (unpaired) electrons. The van der Waals surface area contributed by atoms with Crippen LogP contribution in [-0.4, -0.2) is 46.8 Å². The van der Waals surface area contributed by atoms with Gasteiger partial charge >= 0.3 is 0 Å². The lowest BCUT2D eigenvalue weighted by Crippen LogP contribution is -2.45. The lowest BCUT2D eigenvalue weighted by Gasteiger charge is -2.29. The molecular weight excluding hydrogens is 196 g/mol. The summed E-state index contributed by atoms with van der Waals surface area (Å²) in [5.41, 5.74) is 0.508. The highest BCUT2D eigenvalue weighted by atomic mass is 16.5. The first-order chi connectivity index (χ1) is 7.31. The molecule has 78 valence electrons. The van der Waals surface area contributed by atoms with Crippen LogP contribution in [0.5, 0.6) is 0 Å². The van der Waals surface area contributed by atoms with E-state index in [0.717, 1.165) is 0 Å². The zero-order valence-corrected chi connectivity index (χ0v) is 8.01. The van der Waals surface area contributed by atoms with Crippen LogP contribution in [0.1, 0.15) is 10.4 Å². The SMILES string of the molecule is N#CC1CN(C(=O)c2cn[nH]c2)CCO1. The van der Waals surface area contributed by atoms with E-state index in [4.69, 9.17) is 10.00 Å². The van der Waals surface area contributed by atoms with E-state index >= 15 is 0 Å². The molecule has 1 fully saturated rings. The van der Waals surface area contributed by atoms with Gasteiger partial charge in [0.1, 0.15) is 0 Å². The Kier molecular flexibility index (Phi) is 2.65. The molecule has 1 aliphatic rings. The van der Waals surface area contributed by atoms with Gasteiger partial charge in [0.25, 0.3) is 5.91 Å². The molecule has 2 rings (SSSR count). The molecule has 1 atom stereocenters. The largest absolute Gasteiger partial charge is 0.360 e. The Morgan fingerprint density at radius 1 is 1.80 bits per heavy atom. The molecule has 1 amide bonds. The Morgan fingerprint density at radius 3 is 3.33 bits per heavy atom. The minimum Gasteiger partial charge on any atom is -0.360 e. The summed E-state index contributed by atoms with van der Waals surface area (Å²) in [6.45, 7) is 1.24. The minimum atomic E-state index is -0.519. The second kappa shape index (κ2) is 4.11. The predicted molar refractivity (Wildman–Crippen MR) is 49.8 cm³/mol. The van der Waals surface area contributed by atoms with Gasteiger partial charge in [-0.15, -0.1) is 0 Å². The second-order valence-electron chi connectivity index (χ2n) is 3.23. The van der Waals surface area contributed by atoms with Crippen molar-refractivity contribution in [1.29, 1.82) is 5.26 Å². The number of hydrogen-bond donors (Lipinski definition) is 1. The standard InChI is InChI=1S/C9H10N4O2/c10-3-8-6-13(1-2-15-8)9(14)7-4-11-12-5-7/h4-5,8H,1-2,6H2,(H,11,12). The number of morpholine rings is 1. The lowest BCUT2D eigenvalue weighted by molar-refractivity contribution is 0.00347. The highest BCUT2D eigenvalue weighted by molar-refractivity contribution is 5.93. The third-order valence-electron chi connectivity index (χ3n) is 2.24. The number of carbonyl (C=O) groups excluding carboxylic acids is 1. The number of nitrogens with one attached hydrogen (secondary N) is 1. The number of nitriles is 1. The van der Waals surface area contributed by atoms with Gasteiger partial charge in [-0.1, -0.05) is 0 Å². The van der Waals surface area contributed by atoms with Crippen molar-refractivity contribution in [1.82, 2.24) is 15.1 Å². The van der Waals surface area contributed by atoms with Crippen LogP contribution in [-0.2, 0) is 4.74 Å². The van der Waals surface area contributed by atoms with Gasteiger partial charge in [0.15, 0.2) is 6.10 Å². The van der Waals surface area contributed by atoms with Gasteiger partial charge in [0.05, 0.1) is 31.0 Å². The molecule has 0 aromatic carbocycles. The molecule has 1 aromatic rings. The summed E-state index contributed by atoms with van der Waals surface area (Å²) in [5.74, 6) is -0.118. The molecule has 1 aromatic heterocycles. The number of nitrogens with zero attached hydrogens (tertiary/aromatic N) is 3. The predicted octanol–water partition coefficient (Wildman–Crippen LogP) is -0.226. The Hall–Kier alpha value is -1.87. The van der Waals surface area contributed by atoms with E-state index in [0.29, 0.717) is 25.3 Å². The van der Waals surface area contributed by atoms with E-state index in [1.165, 1.54) is 6.20 Å². The summed E-state index contributed by atoms with van der Waals surface area (Å²) in [5, 5.41) is 15.0. The normalized spacial score (nSPS) is 21.0. The van der Waals surface area contributed by atoms with Crippen LogP contribution in [0.3, 0.4) is 0 Å². The molecule has 15 heavy (non-hydrogen) atoms. The second-order valence-corrected chi connectivity index (χ2v) is 3.23. The maximum absolute atomic E-state index is 11.8. The fourth-order valence-electron chi connectivity index (χ4n) is 1.46. The maximum atomic E-state index is 11.8. The zero-order chi connectivity index (χ0) is 10.7. The average Bonchev–Trinajstić information content (AvgIpc) is 2.81. The first-order valence-corrected chi connectivity index (χ1v) is 4.60. The quantitative estimate of drug-likeness (QED) is 0.688. The van der Waals surface area contributed by atoms with E-state index in [9.17, 15) is 4.79 Å². The summed E-state index contributed by atoms with van der Waals surface area (Å²) in [6, 6.07) is 1.99.